The van der Waals surface area contributed by atoms with Crippen LogP contribution in [0.2, 0.25) is 0 Å². The van der Waals surface area contributed by atoms with E-state index in [1.807, 2.05) is 50.2 Å². The smallest absolute Gasteiger partial charge is 0.184 e. The quantitative estimate of drug-likeness (QED) is 0.197. The third-order valence-corrected chi connectivity index (χ3v) is 8.32. The molecule has 0 aromatic heterocycles. The Hall–Kier alpha value is -3.08. The van der Waals surface area contributed by atoms with E-state index < -0.39 is 6.29 Å². The Bertz CT molecular complexity index is 1190. The van der Waals surface area contributed by atoms with E-state index in [1.165, 1.54) is 44.9 Å². The summed E-state index contributed by atoms with van der Waals surface area (Å²) in [5, 5.41) is 0. The lowest BCUT2D eigenvalue weighted by Crippen LogP contribution is -2.34. The standard InChI is InChI=1S/C36H46O4/c1-8-9-10-28-11-13-29(14-12-28)31-22-37-36(38-23-31)35-21-33(40-27(7)25(4)5)19-20-34(35)30-15-17-32(18-16-30)39-26(6)24(2)3/h15-21,28-29,31,36H,2,4,6-14,22-23H2,1,3,5H3. The monoisotopic (exact) mass is 542 g/mol. The molecule has 1 heterocycles. The molecule has 1 aliphatic heterocycles. The van der Waals surface area contributed by atoms with Gasteiger partial charge in [-0.05, 0) is 85.1 Å². The van der Waals surface area contributed by atoms with Gasteiger partial charge in [-0.25, -0.2) is 0 Å². The third-order valence-electron chi connectivity index (χ3n) is 8.32. The Labute approximate surface area is 241 Å². The van der Waals surface area contributed by atoms with Gasteiger partial charge in [-0.1, -0.05) is 83.5 Å². The van der Waals surface area contributed by atoms with E-state index in [1.54, 1.807) is 0 Å². The van der Waals surface area contributed by atoms with Crippen molar-refractivity contribution in [1.82, 2.24) is 0 Å². The van der Waals surface area contributed by atoms with Gasteiger partial charge in [0.1, 0.15) is 23.0 Å². The van der Waals surface area contributed by atoms with Crippen molar-refractivity contribution < 1.29 is 18.9 Å². The maximum Gasteiger partial charge on any atom is 0.184 e. The molecule has 0 amide bonds. The van der Waals surface area contributed by atoms with Crippen LogP contribution in [0, 0.1) is 17.8 Å². The predicted octanol–water partition coefficient (Wildman–Crippen LogP) is 9.95. The van der Waals surface area contributed by atoms with Gasteiger partial charge in [0.15, 0.2) is 6.29 Å². The molecule has 2 aromatic carbocycles. The number of ether oxygens (including phenoxy) is 4. The lowest BCUT2D eigenvalue weighted by Gasteiger charge is -2.38. The second-order valence-corrected chi connectivity index (χ2v) is 11.6. The van der Waals surface area contributed by atoms with Gasteiger partial charge in [0.2, 0.25) is 0 Å². The van der Waals surface area contributed by atoms with Crippen LogP contribution in [0.5, 0.6) is 11.5 Å². The number of unbranched alkanes of at least 4 members (excludes halogenated alkanes) is 1. The van der Waals surface area contributed by atoms with E-state index in [-0.39, 0.29) is 0 Å². The summed E-state index contributed by atoms with van der Waals surface area (Å²) < 4.78 is 24.7. The minimum atomic E-state index is -0.465. The summed E-state index contributed by atoms with van der Waals surface area (Å²) in [6, 6.07) is 14.0. The SMILES string of the molecule is C=C(C)C(=C)Oc1ccc(-c2ccc(OC(=C)C(=C)C)cc2C2OCC(C3CCC(CCCC)CC3)CO2)cc1. The molecule has 0 bridgehead atoms. The van der Waals surface area contributed by atoms with Crippen LogP contribution in [-0.2, 0) is 9.47 Å². The molecule has 2 aromatic rings. The highest BCUT2D eigenvalue weighted by Gasteiger charge is 2.33. The number of rotatable bonds is 12. The van der Waals surface area contributed by atoms with Crippen LogP contribution in [0.1, 0.15) is 77.6 Å². The molecular weight excluding hydrogens is 496 g/mol. The van der Waals surface area contributed by atoms with Gasteiger partial charge in [0.25, 0.3) is 0 Å². The second kappa shape index (κ2) is 14.0. The van der Waals surface area contributed by atoms with Gasteiger partial charge in [-0.15, -0.1) is 0 Å². The number of hydrogen-bond acceptors (Lipinski definition) is 4. The van der Waals surface area contributed by atoms with Crippen molar-refractivity contribution in [3.8, 4) is 22.6 Å². The fraction of sp³-hybridized carbons (Fsp3) is 0.444. The average Bonchev–Trinajstić information content (AvgIpc) is 2.97. The average molecular weight is 543 g/mol. The molecule has 214 valence electrons. The molecule has 1 saturated carbocycles. The van der Waals surface area contributed by atoms with E-state index in [4.69, 9.17) is 18.9 Å². The Balaban J connectivity index is 1.49. The van der Waals surface area contributed by atoms with Crippen LogP contribution in [0.25, 0.3) is 11.1 Å². The van der Waals surface area contributed by atoms with Crippen LogP contribution in [0.4, 0.5) is 0 Å². The molecule has 0 radical (unpaired) electrons. The van der Waals surface area contributed by atoms with Gasteiger partial charge < -0.3 is 18.9 Å². The molecule has 0 N–H and O–H groups in total. The fourth-order valence-corrected chi connectivity index (χ4v) is 5.63. The molecule has 4 heteroatoms. The number of hydrogen-bond donors (Lipinski definition) is 0. The molecule has 0 spiro atoms. The van der Waals surface area contributed by atoms with Gasteiger partial charge in [-0.3, -0.25) is 0 Å². The summed E-state index contributed by atoms with van der Waals surface area (Å²) in [4.78, 5) is 0. The van der Waals surface area contributed by atoms with Crippen molar-refractivity contribution in [1.29, 1.82) is 0 Å². The van der Waals surface area contributed by atoms with Crippen LogP contribution in [0.15, 0.2) is 91.4 Å². The predicted molar refractivity (Wildman–Crippen MR) is 164 cm³/mol. The summed E-state index contributed by atoms with van der Waals surface area (Å²) in [5.74, 6) is 4.54. The van der Waals surface area contributed by atoms with E-state index >= 15 is 0 Å². The van der Waals surface area contributed by atoms with Crippen molar-refractivity contribution >= 4 is 0 Å². The fourth-order valence-electron chi connectivity index (χ4n) is 5.63. The highest BCUT2D eigenvalue weighted by Crippen LogP contribution is 2.41. The zero-order valence-electron chi connectivity index (χ0n) is 24.7. The Morgan fingerprint density at radius 2 is 1.35 bits per heavy atom. The molecule has 0 atom stereocenters. The minimum absolute atomic E-state index is 0.451. The van der Waals surface area contributed by atoms with Gasteiger partial charge in [0.05, 0.1) is 13.2 Å². The molecule has 0 unspecified atom stereocenters. The highest BCUT2D eigenvalue weighted by molar-refractivity contribution is 5.69. The highest BCUT2D eigenvalue weighted by atomic mass is 16.7. The number of benzene rings is 2. The van der Waals surface area contributed by atoms with Crippen LogP contribution in [0.3, 0.4) is 0 Å². The Morgan fingerprint density at radius 3 is 1.93 bits per heavy atom. The molecule has 4 nitrogen and oxygen atoms in total. The number of allylic oxidation sites excluding steroid dienone is 2. The van der Waals surface area contributed by atoms with E-state index in [2.05, 4.69) is 39.3 Å². The Kier molecular flexibility index (Phi) is 10.5. The largest absolute Gasteiger partial charge is 0.458 e. The van der Waals surface area contributed by atoms with Gasteiger partial charge in [-0.2, -0.15) is 0 Å². The summed E-state index contributed by atoms with van der Waals surface area (Å²) in [7, 11) is 0. The van der Waals surface area contributed by atoms with E-state index in [0.29, 0.717) is 48.1 Å². The zero-order valence-corrected chi connectivity index (χ0v) is 24.7. The first kappa shape index (κ1) is 29.9. The Morgan fingerprint density at radius 1 is 0.775 bits per heavy atom. The van der Waals surface area contributed by atoms with Crippen LogP contribution < -0.4 is 9.47 Å². The first-order valence-corrected chi connectivity index (χ1v) is 14.8. The van der Waals surface area contributed by atoms with Crippen molar-refractivity contribution in [3.05, 3.63) is 97.0 Å². The van der Waals surface area contributed by atoms with Crippen LogP contribution in [-0.4, -0.2) is 13.2 Å². The maximum atomic E-state index is 6.43. The van der Waals surface area contributed by atoms with Crippen molar-refractivity contribution in [2.75, 3.05) is 13.2 Å². The summed E-state index contributed by atoms with van der Waals surface area (Å²) in [5.41, 5.74) is 4.59. The van der Waals surface area contributed by atoms with E-state index in [0.717, 1.165) is 33.8 Å². The third kappa shape index (κ3) is 7.77. The van der Waals surface area contributed by atoms with Crippen molar-refractivity contribution in [2.24, 2.45) is 17.8 Å². The molecule has 4 rings (SSSR count). The lowest BCUT2D eigenvalue weighted by atomic mass is 9.74. The lowest BCUT2D eigenvalue weighted by molar-refractivity contribution is -0.214. The van der Waals surface area contributed by atoms with Crippen LogP contribution >= 0.6 is 0 Å². The van der Waals surface area contributed by atoms with E-state index in [9.17, 15) is 0 Å². The molecule has 2 aliphatic rings. The summed E-state index contributed by atoms with van der Waals surface area (Å²) in [6.45, 7) is 23.2. The molecular formula is C36H46O4. The first-order chi connectivity index (χ1) is 19.2. The molecule has 1 saturated heterocycles. The summed E-state index contributed by atoms with van der Waals surface area (Å²) in [6.07, 6.45) is 8.85. The molecule has 40 heavy (non-hydrogen) atoms. The van der Waals surface area contributed by atoms with Crippen molar-refractivity contribution in [3.63, 3.8) is 0 Å². The zero-order chi connectivity index (χ0) is 28.6. The topological polar surface area (TPSA) is 36.9 Å². The summed E-state index contributed by atoms with van der Waals surface area (Å²) >= 11 is 0. The molecule has 1 aliphatic carbocycles. The maximum absolute atomic E-state index is 6.43. The first-order valence-electron chi connectivity index (χ1n) is 14.8. The van der Waals surface area contributed by atoms with Gasteiger partial charge in [0, 0.05) is 11.5 Å². The minimum Gasteiger partial charge on any atom is -0.458 e. The second-order valence-electron chi connectivity index (χ2n) is 11.6. The van der Waals surface area contributed by atoms with Gasteiger partial charge >= 0.3 is 0 Å². The van der Waals surface area contributed by atoms with Crippen molar-refractivity contribution in [2.45, 2.75) is 72.0 Å². The normalized spacial score (nSPS) is 22.8. The molecule has 2 fully saturated rings.